The average Bonchev–Trinajstić information content (AvgIpc) is 2.94. The predicted molar refractivity (Wildman–Crippen MR) is 148 cm³/mol. The Balaban J connectivity index is 2.00. The second kappa shape index (κ2) is 12.6. The molecule has 0 saturated carbocycles. The first-order valence-corrected chi connectivity index (χ1v) is 13.4. The van der Waals surface area contributed by atoms with Crippen molar-refractivity contribution < 1.29 is 36.9 Å². The van der Waals surface area contributed by atoms with Crippen molar-refractivity contribution >= 4 is 21.6 Å². The lowest BCUT2D eigenvalue weighted by Gasteiger charge is -2.28. The van der Waals surface area contributed by atoms with Crippen LogP contribution in [0.3, 0.4) is 0 Å². The van der Waals surface area contributed by atoms with Crippen LogP contribution in [0.25, 0.3) is 0 Å². The summed E-state index contributed by atoms with van der Waals surface area (Å²) in [6, 6.07) is 14.9. The molecule has 0 heterocycles. The maximum absolute atomic E-state index is 14.0. The van der Waals surface area contributed by atoms with Gasteiger partial charge in [-0.1, -0.05) is 12.1 Å². The van der Waals surface area contributed by atoms with Gasteiger partial charge in [-0.25, -0.2) is 8.42 Å². The van der Waals surface area contributed by atoms with E-state index in [0.717, 1.165) is 9.87 Å². The molecule has 0 spiro atoms. The van der Waals surface area contributed by atoms with Gasteiger partial charge >= 0.3 is 0 Å². The van der Waals surface area contributed by atoms with Gasteiger partial charge in [-0.2, -0.15) is 0 Å². The van der Waals surface area contributed by atoms with Crippen molar-refractivity contribution in [3.05, 3.63) is 65.7 Å². The summed E-state index contributed by atoms with van der Waals surface area (Å²) in [5.41, 5.74) is 1.70. The Morgan fingerprint density at radius 2 is 1.44 bits per heavy atom. The van der Waals surface area contributed by atoms with E-state index in [-0.39, 0.29) is 22.9 Å². The smallest absolute Gasteiger partial charge is 0.268 e. The normalized spacial score (nSPS) is 10.9. The van der Waals surface area contributed by atoms with E-state index >= 15 is 0 Å². The van der Waals surface area contributed by atoms with Crippen molar-refractivity contribution in [3.63, 3.8) is 0 Å². The van der Waals surface area contributed by atoms with Crippen LogP contribution in [-0.2, 0) is 21.4 Å². The van der Waals surface area contributed by atoms with E-state index in [1.807, 2.05) is 0 Å². The molecule has 39 heavy (non-hydrogen) atoms. The second-order valence-corrected chi connectivity index (χ2v) is 10.5. The molecule has 0 bridgehead atoms. The number of carbonyl (C=O) groups excluding carboxylic acids is 1. The van der Waals surface area contributed by atoms with Gasteiger partial charge in [-0.3, -0.25) is 9.10 Å². The zero-order valence-electron chi connectivity index (χ0n) is 23.2. The van der Waals surface area contributed by atoms with E-state index in [1.54, 1.807) is 62.5 Å². The molecule has 1 amide bonds. The fraction of sp³-hybridized carbons (Fsp3) is 0.321. The first kappa shape index (κ1) is 29.4. The van der Waals surface area contributed by atoms with Gasteiger partial charge in [0.05, 0.1) is 41.2 Å². The Labute approximate surface area is 229 Å². The molecular formula is C28H34N2O8S. The number of methoxy groups -OCH3 is 5. The van der Waals surface area contributed by atoms with Crippen LogP contribution in [0.4, 0.5) is 5.69 Å². The number of anilines is 1. The number of hydrogen-bond acceptors (Lipinski definition) is 8. The summed E-state index contributed by atoms with van der Waals surface area (Å²) < 4.78 is 55.9. The first-order chi connectivity index (χ1) is 18.6. The van der Waals surface area contributed by atoms with Gasteiger partial charge in [-0.05, 0) is 54.4 Å². The van der Waals surface area contributed by atoms with Crippen LogP contribution in [0.1, 0.15) is 11.1 Å². The quantitative estimate of drug-likeness (QED) is 0.330. The molecule has 3 aromatic carbocycles. The minimum atomic E-state index is -4.23. The molecular weight excluding hydrogens is 524 g/mol. The van der Waals surface area contributed by atoms with Gasteiger partial charge in [0.1, 0.15) is 22.9 Å². The second-order valence-electron chi connectivity index (χ2n) is 8.65. The number of rotatable bonds is 12. The van der Waals surface area contributed by atoms with Crippen molar-refractivity contribution in [3.8, 4) is 28.7 Å². The highest BCUT2D eigenvalue weighted by molar-refractivity contribution is 7.93. The topological polar surface area (TPSA) is 104 Å². The number of benzene rings is 3. The van der Waals surface area contributed by atoms with Crippen LogP contribution in [0, 0.1) is 6.92 Å². The number of amides is 1. The summed E-state index contributed by atoms with van der Waals surface area (Å²) in [7, 11) is 4.77. The van der Waals surface area contributed by atoms with Gasteiger partial charge in [0.15, 0.2) is 11.5 Å². The van der Waals surface area contributed by atoms with E-state index in [1.165, 1.54) is 46.5 Å². The zero-order chi connectivity index (χ0) is 28.7. The molecule has 11 heteroatoms. The van der Waals surface area contributed by atoms with Gasteiger partial charge in [-0.15, -0.1) is 0 Å². The van der Waals surface area contributed by atoms with Crippen molar-refractivity contribution in [2.24, 2.45) is 0 Å². The summed E-state index contributed by atoms with van der Waals surface area (Å²) in [5, 5.41) is 0. The molecule has 10 nitrogen and oxygen atoms in total. The average molecular weight is 559 g/mol. The SMILES string of the molecule is COc1cccc(N(CC(=O)N(C)Cc2cc(OC)c(OC)c(OC)c2)S(=O)(=O)c2cc(C)ccc2OC)c1. The third-order valence-electron chi connectivity index (χ3n) is 6.08. The lowest BCUT2D eigenvalue weighted by Crippen LogP contribution is -2.41. The zero-order valence-corrected chi connectivity index (χ0v) is 24.0. The van der Waals surface area contributed by atoms with Crippen molar-refractivity contribution in [1.82, 2.24) is 4.90 Å². The standard InChI is InChI=1S/C28H34N2O8S/c1-19-11-12-23(35-4)26(13-19)39(32,33)30(21-9-8-10-22(16-21)34-3)18-27(31)29(2)17-20-14-24(36-5)28(38-7)25(15-20)37-6/h8-16H,17-18H2,1-7H3. The molecule has 0 fully saturated rings. The minimum absolute atomic E-state index is 0.0482. The molecule has 0 N–H and O–H groups in total. The Morgan fingerprint density at radius 1 is 0.795 bits per heavy atom. The third kappa shape index (κ3) is 6.48. The molecule has 0 atom stereocenters. The molecule has 0 aliphatic rings. The summed E-state index contributed by atoms with van der Waals surface area (Å²) >= 11 is 0. The van der Waals surface area contributed by atoms with Crippen LogP contribution in [-0.4, -0.2) is 68.4 Å². The van der Waals surface area contributed by atoms with Crippen LogP contribution < -0.4 is 28.0 Å². The molecule has 0 saturated heterocycles. The van der Waals surface area contributed by atoms with Crippen molar-refractivity contribution in [2.75, 3.05) is 53.4 Å². The number of ether oxygens (including phenoxy) is 5. The number of hydrogen-bond donors (Lipinski definition) is 0. The molecule has 0 aliphatic carbocycles. The molecule has 210 valence electrons. The fourth-order valence-corrected chi connectivity index (χ4v) is 5.67. The van der Waals surface area contributed by atoms with E-state index in [2.05, 4.69) is 0 Å². The molecule has 3 aromatic rings. The molecule has 3 rings (SSSR count). The summed E-state index contributed by atoms with van der Waals surface area (Å²) in [4.78, 5) is 14.9. The van der Waals surface area contributed by atoms with E-state index in [9.17, 15) is 13.2 Å². The number of likely N-dealkylation sites (N-methyl/N-ethyl adjacent to an activating group) is 1. The van der Waals surface area contributed by atoms with E-state index in [4.69, 9.17) is 23.7 Å². The largest absolute Gasteiger partial charge is 0.497 e. The minimum Gasteiger partial charge on any atom is -0.497 e. The molecule has 0 unspecified atom stereocenters. The maximum atomic E-state index is 14.0. The summed E-state index contributed by atoms with van der Waals surface area (Å²) in [6.07, 6.45) is 0. The highest BCUT2D eigenvalue weighted by Gasteiger charge is 2.31. The lowest BCUT2D eigenvalue weighted by molar-refractivity contribution is -0.128. The Hall–Kier alpha value is -4.12. The van der Waals surface area contributed by atoms with E-state index in [0.29, 0.717) is 28.6 Å². The fourth-order valence-electron chi connectivity index (χ4n) is 4.02. The predicted octanol–water partition coefficient (Wildman–Crippen LogP) is 3.89. The number of aryl methyl sites for hydroxylation is 1. The van der Waals surface area contributed by atoms with Crippen molar-refractivity contribution in [2.45, 2.75) is 18.4 Å². The van der Waals surface area contributed by atoms with Gasteiger partial charge in [0, 0.05) is 19.7 Å². The molecule has 0 radical (unpaired) electrons. The van der Waals surface area contributed by atoms with Gasteiger partial charge in [0.25, 0.3) is 10.0 Å². The van der Waals surface area contributed by atoms with Crippen molar-refractivity contribution in [1.29, 1.82) is 0 Å². The number of nitrogens with zero attached hydrogens (tertiary/aromatic N) is 2. The lowest BCUT2D eigenvalue weighted by atomic mass is 10.1. The highest BCUT2D eigenvalue weighted by atomic mass is 32.2. The van der Waals surface area contributed by atoms with Crippen LogP contribution in [0.2, 0.25) is 0 Å². The third-order valence-corrected chi connectivity index (χ3v) is 7.87. The summed E-state index contributed by atoms with van der Waals surface area (Å²) in [6.45, 7) is 1.48. The van der Waals surface area contributed by atoms with Crippen LogP contribution in [0.15, 0.2) is 59.5 Å². The molecule has 0 aromatic heterocycles. The highest BCUT2D eigenvalue weighted by Crippen LogP contribution is 2.38. The van der Waals surface area contributed by atoms with Gasteiger partial charge in [0.2, 0.25) is 11.7 Å². The van der Waals surface area contributed by atoms with Gasteiger partial charge < -0.3 is 28.6 Å². The first-order valence-electron chi connectivity index (χ1n) is 11.9. The number of sulfonamides is 1. The Morgan fingerprint density at radius 3 is 2.00 bits per heavy atom. The molecule has 0 aliphatic heterocycles. The monoisotopic (exact) mass is 558 g/mol. The van der Waals surface area contributed by atoms with Crippen LogP contribution >= 0.6 is 0 Å². The summed E-state index contributed by atoms with van der Waals surface area (Å²) in [5.74, 6) is 1.50. The number of carbonyl (C=O) groups is 1. The maximum Gasteiger partial charge on any atom is 0.268 e. The van der Waals surface area contributed by atoms with Crippen LogP contribution in [0.5, 0.6) is 28.7 Å². The Kier molecular flexibility index (Phi) is 9.52. The Bertz CT molecular complexity index is 1400. The van der Waals surface area contributed by atoms with E-state index < -0.39 is 22.5 Å².